The second-order valence-corrected chi connectivity index (χ2v) is 5.55. The molecule has 1 aromatic heterocycles. The largest absolute Gasteiger partial charge is 0.388 e. The number of rotatable bonds is 4. The van der Waals surface area contributed by atoms with Gasteiger partial charge < -0.3 is 14.9 Å². The van der Waals surface area contributed by atoms with Crippen molar-refractivity contribution in [2.24, 2.45) is 0 Å². The maximum absolute atomic E-state index is 12.2. The normalized spacial score (nSPS) is 12.6. The SMILES string of the molecule is CCc1noc(C)c1C(=O)NC(C)(C)C(C)(C)O. The van der Waals surface area contributed by atoms with Gasteiger partial charge in [0.15, 0.2) is 0 Å². The molecular weight excluding hydrogens is 232 g/mol. The molecule has 2 N–H and O–H groups in total. The molecular formula is C13H22N2O3. The molecule has 0 saturated carbocycles. The summed E-state index contributed by atoms with van der Waals surface area (Å²) in [5.41, 5.74) is -0.676. The van der Waals surface area contributed by atoms with Crippen LogP contribution < -0.4 is 5.32 Å². The summed E-state index contributed by atoms with van der Waals surface area (Å²) in [5.74, 6) is 0.230. The highest BCUT2D eigenvalue weighted by atomic mass is 16.5. The monoisotopic (exact) mass is 254 g/mol. The predicted octanol–water partition coefficient (Wildman–Crippen LogP) is 1.82. The third kappa shape index (κ3) is 2.72. The van der Waals surface area contributed by atoms with Crippen LogP contribution in [0, 0.1) is 6.92 Å². The van der Waals surface area contributed by atoms with Crippen molar-refractivity contribution in [3.63, 3.8) is 0 Å². The molecule has 1 heterocycles. The minimum absolute atomic E-state index is 0.266. The van der Waals surface area contributed by atoms with Crippen LogP contribution in [-0.2, 0) is 6.42 Å². The maximum atomic E-state index is 12.2. The molecule has 1 rings (SSSR count). The van der Waals surface area contributed by atoms with E-state index in [0.717, 1.165) is 0 Å². The number of carbonyl (C=O) groups excluding carboxylic acids is 1. The zero-order valence-corrected chi connectivity index (χ0v) is 11.9. The minimum Gasteiger partial charge on any atom is -0.388 e. The Balaban J connectivity index is 2.99. The topological polar surface area (TPSA) is 75.4 Å². The molecule has 0 saturated heterocycles. The third-order valence-electron chi connectivity index (χ3n) is 3.45. The van der Waals surface area contributed by atoms with E-state index in [1.54, 1.807) is 34.6 Å². The van der Waals surface area contributed by atoms with Gasteiger partial charge in [0.2, 0.25) is 0 Å². The first-order chi connectivity index (χ1) is 8.10. The van der Waals surface area contributed by atoms with E-state index in [1.807, 2.05) is 6.92 Å². The van der Waals surface area contributed by atoms with Crippen LogP contribution in [0.15, 0.2) is 4.52 Å². The summed E-state index contributed by atoms with van der Waals surface area (Å²) < 4.78 is 5.03. The van der Waals surface area contributed by atoms with Gasteiger partial charge >= 0.3 is 0 Å². The van der Waals surface area contributed by atoms with Gasteiger partial charge in [-0.2, -0.15) is 0 Å². The zero-order chi connectivity index (χ0) is 14.1. The van der Waals surface area contributed by atoms with Gasteiger partial charge in [0.25, 0.3) is 5.91 Å². The molecule has 0 aromatic carbocycles. The fraction of sp³-hybridized carbons (Fsp3) is 0.692. The Hall–Kier alpha value is -1.36. The van der Waals surface area contributed by atoms with E-state index >= 15 is 0 Å². The molecule has 102 valence electrons. The smallest absolute Gasteiger partial charge is 0.257 e. The highest BCUT2D eigenvalue weighted by Crippen LogP contribution is 2.22. The molecule has 1 aromatic rings. The van der Waals surface area contributed by atoms with Gasteiger partial charge in [-0.25, -0.2) is 0 Å². The number of carbonyl (C=O) groups is 1. The standard InChI is InChI=1S/C13H22N2O3/c1-7-9-10(8(2)18-15-9)11(16)14-12(3,4)13(5,6)17/h17H,7H2,1-6H3,(H,14,16). The van der Waals surface area contributed by atoms with Gasteiger partial charge in [0, 0.05) is 0 Å². The average molecular weight is 254 g/mol. The van der Waals surface area contributed by atoms with Crippen LogP contribution in [0.25, 0.3) is 0 Å². The van der Waals surface area contributed by atoms with E-state index in [2.05, 4.69) is 10.5 Å². The third-order valence-corrected chi connectivity index (χ3v) is 3.45. The summed E-state index contributed by atoms with van der Waals surface area (Å²) in [4.78, 5) is 12.2. The average Bonchev–Trinajstić information content (AvgIpc) is 2.56. The number of aryl methyl sites for hydroxylation is 2. The summed E-state index contributed by atoms with van der Waals surface area (Å²) in [6, 6.07) is 0. The molecule has 0 aliphatic carbocycles. The van der Waals surface area contributed by atoms with Crippen LogP contribution in [0.2, 0.25) is 0 Å². The summed E-state index contributed by atoms with van der Waals surface area (Å²) in [7, 11) is 0. The van der Waals surface area contributed by atoms with Gasteiger partial charge in [0.1, 0.15) is 11.3 Å². The van der Waals surface area contributed by atoms with Crippen molar-refractivity contribution in [1.82, 2.24) is 10.5 Å². The maximum Gasteiger partial charge on any atom is 0.257 e. The Labute approximate surface area is 108 Å². The van der Waals surface area contributed by atoms with E-state index < -0.39 is 11.1 Å². The lowest BCUT2D eigenvalue weighted by molar-refractivity contribution is -0.00297. The minimum atomic E-state index is -1.03. The van der Waals surface area contributed by atoms with E-state index in [9.17, 15) is 9.90 Å². The zero-order valence-electron chi connectivity index (χ0n) is 11.9. The molecule has 0 radical (unpaired) electrons. The Kier molecular flexibility index (Phi) is 3.86. The molecule has 5 nitrogen and oxygen atoms in total. The van der Waals surface area contributed by atoms with Crippen LogP contribution in [0.5, 0.6) is 0 Å². The predicted molar refractivity (Wildman–Crippen MR) is 68.5 cm³/mol. The number of aromatic nitrogens is 1. The van der Waals surface area contributed by atoms with E-state index in [4.69, 9.17) is 4.52 Å². The van der Waals surface area contributed by atoms with Crippen molar-refractivity contribution in [2.75, 3.05) is 0 Å². The lowest BCUT2D eigenvalue weighted by atomic mass is 9.85. The Morgan fingerprint density at radius 2 is 1.94 bits per heavy atom. The summed E-state index contributed by atoms with van der Waals surface area (Å²) in [5, 5.41) is 16.7. The van der Waals surface area contributed by atoms with Crippen molar-refractivity contribution in [3.8, 4) is 0 Å². The van der Waals surface area contributed by atoms with Crippen molar-refractivity contribution < 1.29 is 14.4 Å². The first-order valence-electron chi connectivity index (χ1n) is 6.10. The van der Waals surface area contributed by atoms with Crippen molar-refractivity contribution in [1.29, 1.82) is 0 Å². The first kappa shape index (κ1) is 14.7. The van der Waals surface area contributed by atoms with Gasteiger partial charge in [-0.3, -0.25) is 4.79 Å². The number of hydrogen-bond acceptors (Lipinski definition) is 4. The van der Waals surface area contributed by atoms with Crippen LogP contribution in [0.4, 0.5) is 0 Å². The second kappa shape index (κ2) is 4.72. The van der Waals surface area contributed by atoms with Gasteiger partial charge in [-0.15, -0.1) is 0 Å². The number of amides is 1. The molecule has 0 fully saturated rings. The number of nitrogens with zero attached hydrogens (tertiary/aromatic N) is 1. The van der Waals surface area contributed by atoms with E-state index in [0.29, 0.717) is 23.4 Å². The molecule has 0 aliphatic rings. The Morgan fingerprint density at radius 3 is 2.39 bits per heavy atom. The van der Waals surface area contributed by atoms with Crippen molar-refractivity contribution >= 4 is 5.91 Å². The first-order valence-corrected chi connectivity index (χ1v) is 6.10. The Morgan fingerprint density at radius 1 is 1.39 bits per heavy atom. The molecule has 0 bridgehead atoms. The number of aliphatic hydroxyl groups is 1. The molecule has 0 spiro atoms. The van der Waals surface area contributed by atoms with Crippen LogP contribution in [-0.4, -0.2) is 27.3 Å². The summed E-state index contributed by atoms with van der Waals surface area (Å²) in [6.07, 6.45) is 0.628. The molecule has 0 unspecified atom stereocenters. The highest BCUT2D eigenvalue weighted by Gasteiger charge is 2.37. The number of hydrogen-bond donors (Lipinski definition) is 2. The van der Waals surface area contributed by atoms with Gasteiger partial charge in [0.05, 0.1) is 16.8 Å². The highest BCUT2D eigenvalue weighted by molar-refractivity contribution is 5.96. The Bertz CT molecular complexity index is 442. The summed E-state index contributed by atoms with van der Waals surface area (Å²) >= 11 is 0. The summed E-state index contributed by atoms with van der Waals surface area (Å²) in [6.45, 7) is 10.5. The van der Waals surface area contributed by atoms with Crippen molar-refractivity contribution in [3.05, 3.63) is 17.0 Å². The lowest BCUT2D eigenvalue weighted by Gasteiger charge is -2.37. The van der Waals surface area contributed by atoms with Crippen LogP contribution in [0.3, 0.4) is 0 Å². The number of nitrogens with one attached hydrogen (secondary N) is 1. The van der Waals surface area contributed by atoms with Crippen LogP contribution in [0.1, 0.15) is 56.4 Å². The van der Waals surface area contributed by atoms with Gasteiger partial charge in [-0.1, -0.05) is 12.1 Å². The molecule has 5 heteroatoms. The van der Waals surface area contributed by atoms with Crippen LogP contribution >= 0.6 is 0 Å². The fourth-order valence-electron chi connectivity index (χ4n) is 1.45. The molecule has 0 aliphatic heterocycles. The molecule has 18 heavy (non-hydrogen) atoms. The molecule has 1 amide bonds. The molecule has 0 atom stereocenters. The van der Waals surface area contributed by atoms with Crippen molar-refractivity contribution in [2.45, 2.75) is 59.1 Å². The quantitative estimate of drug-likeness (QED) is 0.859. The lowest BCUT2D eigenvalue weighted by Crippen LogP contribution is -2.57. The van der Waals surface area contributed by atoms with E-state index in [-0.39, 0.29) is 5.91 Å². The van der Waals surface area contributed by atoms with Gasteiger partial charge in [-0.05, 0) is 41.0 Å². The second-order valence-electron chi connectivity index (χ2n) is 5.55. The fourth-order valence-corrected chi connectivity index (χ4v) is 1.45. The van der Waals surface area contributed by atoms with E-state index in [1.165, 1.54) is 0 Å².